The molecule has 3 aromatic rings. The van der Waals surface area contributed by atoms with Crippen LogP contribution in [0.25, 0.3) is 10.9 Å². The minimum Gasteiger partial charge on any atom is -0.362 e. The number of rotatable bonds is 4. The summed E-state index contributed by atoms with van der Waals surface area (Å²) in [5, 5.41) is 1.84. The van der Waals surface area contributed by atoms with Crippen LogP contribution in [0.3, 0.4) is 0 Å². The van der Waals surface area contributed by atoms with E-state index >= 15 is 0 Å². The molecular weight excluding hydrogens is 334 g/mol. The highest BCUT2D eigenvalue weighted by Crippen LogP contribution is 2.33. The first-order chi connectivity index (χ1) is 12.2. The van der Waals surface area contributed by atoms with Gasteiger partial charge in [-0.25, -0.2) is 4.98 Å². The van der Waals surface area contributed by atoms with Gasteiger partial charge in [0.15, 0.2) is 0 Å². The highest BCUT2D eigenvalue weighted by Gasteiger charge is 2.26. The van der Waals surface area contributed by atoms with Crippen molar-refractivity contribution >= 4 is 28.2 Å². The van der Waals surface area contributed by atoms with E-state index in [2.05, 4.69) is 32.0 Å². The zero-order valence-corrected chi connectivity index (χ0v) is 14.8. The summed E-state index contributed by atoms with van der Waals surface area (Å²) in [7, 11) is 0. The molecule has 2 heterocycles. The van der Waals surface area contributed by atoms with Gasteiger partial charge in [0, 0.05) is 40.6 Å². The van der Waals surface area contributed by atoms with Gasteiger partial charge in [-0.1, -0.05) is 11.6 Å². The fourth-order valence-electron chi connectivity index (χ4n) is 3.74. The maximum absolute atomic E-state index is 6.15. The van der Waals surface area contributed by atoms with E-state index in [1.807, 2.05) is 24.5 Å². The maximum Gasteiger partial charge on any atom is 0.0922 e. The average Bonchev–Trinajstić information content (AvgIpc) is 3.13. The Hall–Kier alpha value is -2.11. The van der Waals surface area contributed by atoms with Crippen LogP contribution >= 0.6 is 11.6 Å². The smallest absolute Gasteiger partial charge is 0.0922 e. The van der Waals surface area contributed by atoms with Gasteiger partial charge >= 0.3 is 0 Å². The van der Waals surface area contributed by atoms with Crippen LogP contribution in [0.5, 0.6) is 0 Å². The molecule has 1 saturated carbocycles. The third-order valence-electron chi connectivity index (χ3n) is 5.07. The quantitative estimate of drug-likeness (QED) is 0.744. The number of hydrogen-bond donors (Lipinski definition) is 2. The molecule has 3 N–H and O–H groups in total. The Morgan fingerprint density at radius 2 is 2.04 bits per heavy atom. The molecule has 0 atom stereocenters. The number of fused-ring (bicyclic) bond motifs is 1. The van der Waals surface area contributed by atoms with Gasteiger partial charge in [0.25, 0.3) is 0 Å². The Morgan fingerprint density at radius 1 is 1.20 bits per heavy atom. The Bertz CT molecular complexity index is 840. The Morgan fingerprint density at radius 3 is 2.80 bits per heavy atom. The molecule has 0 unspecified atom stereocenters. The number of imidazole rings is 1. The maximum atomic E-state index is 6.15. The molecule has 25 heavy (non-hydrogen) atoms. The van der Waals surface area contributed by atoms with Crippen LogP contribution in [-0.4, -0.2) is 27.0 Å². The first-order valence-corrected chi connectivity index (χ1v) is 9.12. The molecule has 0 radical (unpaired) electrons. The number of halogens is 1. The fourth-order valence-corrected chi connectivity index (χ4v) is 3.90. The van der Waals surface area contributed by atoms with Gasteiger partial charge in [-0.2, -0.15) is 0 Å². The van der Waals surface area contributed by atoms with Gasteiger partial charge in [0.2, 0.25) is 0 Å². The van der Waals surface area contributed by atoms with Crippen molar-refractivity contribution in [1.82, 2.24) is 15.0 Å². The predicted octanol–water partition coefficient (Wildman–Crippen LogP) is 3.89. The summed E-state index contributed by atoms with van der Waals surface area (Å²) in [6, 6.07) is 8.81. The Kier molecular flexibility index (Phi) is 4.59. The molecule has 0 saturated heterocycles. The molecule has 1 aliphatic carbocycles. The number of aromatic nitrogens is 3. The number of nitrogens with one attached hydrogen (secondary N) is 1. The largest absolute Gasteiger partial charge is 0.362 e. The monoisotopic (exact) mass is 355 g/mol. The van der Waals surface area contributed by atoms with Crippen LogP contribution < -0.4 is 10.6 Å². The van der Waals surface area contributed by atoms with Crippen molar-refractivity contribution in [2.45, 2.75) is 44.3 Å². The van der Waals surface area contributed by atoms with Gasteiger partial charge in [0.1, 0.15) is 0 Å². The van der Waals surface area contributed by atoms with E-state index in [9.17, 15) is 0 Å². The average molecular weight is 356 g/mol. The molecule has 4 rings (SSSR count). The number of pyridine rings is 1. The second-order valence-electron chi connectivity index (χ2n) is 6.76. The lowest BCUT2D eigenvalue weighted by Gasteiger charge is -2.38. The molecule has 1 aromatic carbocycles. The van der Waals surface area contributed by atoms with E-state index in [4.69, 9.17) is 17.3 Å². The summed E-state index contributed by atoms with van der Waals surface area (Å²) in [4.78, 5) is 14.4. The van der Waals surface area contributed by atoms with Crippen molar-refractivity contribution in [2.24, 2.45) is 5.73 Å². The van der Waals surface area contributed by atoms with Crippen LogP contribution in [0.4, 0.5) is 5.69 Å². The summed E-state index contributed by atoms with van der Waals surface area (Å²) < 4.78 is 0. The minimum absolute atomic E-state index is 0.332. The van der Waals surface area contributed by atoms with Gasteiger partial charge in [-0.05, 0) is 49.9 Å². The molecule has 1 aliphatic rings. The third-order valence-corrected chi connectivity index (χ3v) is 5.30. The second kappa shape index (κ2) is 7.02. The lowest BCUT2D eigenvalue weighted by Crippen LogP contribution is -2.40. The third kappa shape index (κ3) is 3.48. The van der Waals surface area contributed by atoms with Crippen molar-refractivity contribution in [3.05, 3.63) is 53.7 Å². The van der Waals surface area contributed by atoms with E-state index in [1.165, 1.54) is 5.69 Å². The van der Waals surface area contributed by atoms with Crippen molar-refractivity contribution in [3.63, 3.8) is 0 Å². The van der Waals surface area contributed by atoms with Crippen molar-refractivity contribution < 1.29 is 0 Å². The zero-order valence-electron chi connectivity index (χ0n) is 14.0. The summed E-state index contributed by atoms with van der Waals surface area (Å²) in [5.41, 5.74) is 9.34. The lowest BCUT2D eigenvalue weighted by atomic mass is 9.90. The van der Waals surface area contributed by atoms with Crippen molar-refractivity contribution in [2.75, 3.05) is 4.90 Å². The van der Waals surface area contributed by atoms with E-state index in [-0.39, 0.29) is 0 Å². The van der Waals surface area contributed by atoms with E-state index < -0.39 is 0 Å². The van der Waals surface area contributed by atoms with Gasteiger partial charge in [0.05, 0.1) is 24.1 Å². The molecule has 6 heteroatoms. The fraction of sp³-hybridized carbons (Fsp3) is 0.368. The number of benzene rings is 1. The summed E-state index contributed by atoms with van der Waals surface area (Å²) in [6.07, 6.45) is 9.83. The molecular formula is C19H22ClN5. The van der Waals surface area contributed by atoms with Gasteiger partial charge < -0.3 is 15.6 Å². The molecule has 5 nitrogen and oxygen atoms in total. The van der Waals surface area contributed by atoms with E-state index in [0.29, 0.717) is 17.1 Å². The second-order valence-corrected chi connectivity index (χ2v) is 7.20. The Balaban J connectivity index is 1.74. The number of nitrogens with two attached hydrogens (primary N) is 1. The molecule has 0 amide bonds. The number of H-pyrrole nitrogens is 1. The molecule has 1 fully saturated rings. The van der Waals surface area contributed by atoms with Crippen LogP contribution in [0.1, 0.15) is 31.4 Å². The first kappa shape index (κ1) is 16.4. The molecule has 2 aromatic heterocycles. The topological polar surface area (TPSA) is 70.8 Å². The SMILES string of the molecule is NC1CCC(N(Cc2cnc[nH]2)c2ccnc3cc(Cl)ccc23)CC1. The summed E-state index contributed by atoms with van der Waals surface area (Å²) in [5.74, 6) is 0. The van der Waals surface area contributed by atoms with Crippen LogP contribution in [0.2, 0.25) is 5.02 Å². The normalized spacial score (nSPS) is 20.7. The summed E-state index contributed by atoms with van der Waals surface area (Å²) in [6.45, 7) is 0.793. The first-order valence-electron chi connectivity index (χ1n) is 8.74. The number of nitrogens with zero attached hydrogens (tertiary/aromatic N) is 3. The predicted molar refractivity (Wildman–Crippen MR) is 102 cm³/mol. The highest BCUT2D eigenvalue weighted by molar-refractivity contribution is 6.31. The summed E-state index contributed by atoms with van der Waals surface area (Å²) >= 11 is 6.15. The standard InChI is InChI=1S/C19H22ClN5/c20-13-1-6-17-18(9-13)23-8-7-19(17)25(11-15-10-22-12-24-15)16-4-2-14(21)3-5-16/h1,6-10,12,14,16H,2-5,11,21H2,(H,22,24). The molecule has 0 bridgehead atoms. The molecule has 130 valence electrons. The Labute approximate surface area is 152 Å². The van der Waals surface area contributed by atoms with Crippen LogP contribution in [0, 0.1) is 0 Å². The number of anilines is 1. The number of aromatic amines is 1. The van der Waals surface area contributed by atoms with Crippen molar-refractivity contribution in [3.8, 4) is 0 Å². The van der Waals surface area contributed by atoms with Crippen LogP contribution in [0.15, 0.2) is 43.0 Å². The molecule has 0 spiro atoms. The van der Waals surface area contributed by atoms with Gasteiger partial charge in [-0.3, -0.25) is 4.98 Å². The number of hydrogen-bond acceptors (Lipinski definition) is 4. The van der Waals surface area contributed by atoms with E-state index in [1.54, 1.807) is 6.33 Å². The minimum atomic E-state index is 0.332. The highest BCUT2D eigenvalue weighted by atomic mass is 35.5. The van der Waals surface area contributed by atoms with Crippen LogP contribution in [-0.2, 0) is 6.54 Å². The van der Waals surface area contributed by atoms with Crippen molar-refractivity contribution in [1.29, 1.82) is 0 Å². The van der Waals surface area contributed by atoms with E-state index in [0.717, 1.165) is 48.8 Å². The zero-order chi connectivity index (χ0) is 17.2. The molecule has 0 aliphatic heterocycles. The lowest BCUT2D eigenvalue weighted by molar-refractivity contribution is 0.374. The van der Waals surface area contributed by atoms with Gasteiger partial charge in [-0.15, -0.1) is 0 Å².